The number of aromatic amines is 1. The molecule has 0 aliphatic rings. The molecule has 0 fully saturated rings. The summed E-state index contributed by atoms with van der Waals surface area (Å²) in [5.41, 5.74) is 5.58. The monoisotopic (exact) mass is 314 g/mol. The highest BCUT2D eigenvalue weighted by Crippen LogP contribution is 2.26. The number of H-pyrrole nitrogens is 1. The fourth-order valence-corrected chi connectivity index (χ4v) is 3.67. The summed E-state index contributed by atoms with van der Waals surface area (Å²) in [7, 11) is -4.29. The van der Waals surface area contributed by atoms with E-state index in [1.165, 1.54) is 6.92 Å². The molecule has 1 rings (SSSR count). The van der Waals surface area contributed by atoms with Crippen molar-refractivity contribution in [3.05, 3.63) is 11.4 Å². The topological polar surface area (TPSA) is 92.1 Å². The van der Waals surface area contributed by atoms with Crippen LogP contribution in [0.25, 0.3) is 0 Å². The Morgan fingerprint density at radius 1 is 1.40 bits per heavy atom. The van der Waals surface area contributed by atoms with Gasteiger partial charge in [-0.3, -0.25) is 5.10 Å². The van der Waals surface area contributed by atoms with E-state index in [2.05, 4.69) is 10.2 Å². The van der Waals surface area contributed by atoms with Gasteiger partial charge in [-0.2, -0.15) is 22.6 Å². The molecule has 0 aliphatic heterocycles. The molecule has 0 atom stereocenters. The van der Waals surface area contributed by atoms with Gasteiger partial charge in [0, 0.05) is 13.1 Å². The maximum Gasteiger partial charge on any atom is 0.402 e. The van der Waals surface area contributed by atoms with Gasteiger partial charge in [0.25, 0.3) is 0 Å². The molecule has 0 amide bonds. The maximum atomic E-state index is 12.5. The molecule has 6 nitrogen and oxygen atoms in total. The molecule has 0 spiro atoms. The molecule has 10 heteroatoms. The van der Waals surface area contributed by atoms with Crippen LogP contribution in [0.2, 0.25) is 0 Å². The van der Waals surface area contributed by atoms with Crippen molar-refractivity contribution < 1.29 is 21.6 Å². The van der Waals surface area contributed by atoms with Gasteiger partial charge in [0.1, 0.15) is 11.4 Å². The van der Waals surface area contributed by atoms with E-state index in [0.717, 1.165) is 0 Å². The van der Waals surface area contributed by atoms with Crippen LogP contribution in [0.4, 0.5) is 13.2 Å². The summed E-state index contributed by atoms with van der Waals surface area (Å²) in [6.45, 7) is 1.10. The number of sulfonamides is 1. The fraction of sp³-hybridized carbons (Fsp3) is 0.700. The van der Waals surface area contributed by atoms with Crippen molar-refractivity contribution in [2.45, 2.75) is 37.9 Å². The summed E-state index contributed by atoms with van der Waals surface area (Å²) < 4.78 is 62.7. The summed E-state index contributed by atoms with van der Waals surface area (Å²) in [6, 6.07) is 0. The molecule has 3 N–H and O–H groups in total. The minimum absolute atomic E-state index is 0.0331. The first-order valence-electron chi connectivity index (χ1n) is 5.94. The summed E-state index contributed by atoms with van der Waals surface area (Å²) >= 11 is 0. The third-order valence-corrected chi connectivity index (χ3v) is 4.63. The molecule has 1 heterocycles. The molecule has 0 unspecified atom stereocenters. The molecule has 1 aromatic heterocycles. The summed E-state index contributed by atoms with van der Waals surface area (Å²) in [5.74, 6) is 0. The van der Waals surface area contributed by atoms with E-state index in [1.54, 1.807) is 6.92 Å². The Hall–Kier alpha value is -1.13. The summed E-state index contributed by atoms with van der Waals surface area (Å²) in [5, 5.41) is 6.14. The van der Waals surface area contributed by atoms with E-state index in [0.29, 0.717) is 4.31 Å². The molecule has 0 saturated heterocycles. The highest BCUT2D eigenvalue weighted by atomic mass is 32.2. The zero-order valence-electron chi connectivity index (χ0n) is 11.2. The standard InChI is InChI=1S/C10H17F3N4O2S/c1-3-4-17(6-10(11,12)13)20(18,19)9-7(2)15-16-8(9)5-14/h3-6,14H2,1-2H3,(H,15,16). The van der Waals surface area contributed by atoms with E-state index in [-0.39, 0.29) is 35.8 Å². The molecule has 0 bridgehead atoms. The molecule has 116 valence electrons. The largest absolute Gasteiger partial charge is 0.402 e. The second kappa shape index (κ2) is 6.10. The van der Waals surface area contributed by atoms with Crippen LogP contribution in [-0.2, 0) is 16.6 Å². The van der Waals surface area contributed by atoms with Crippen LogP contribution >= 0.6 is 0 Å². The Bertz CT molecular complexity index is 553. The SMILES string of the molecule is CCCN(CC(F)(F)F)S(=O)(=O)c1c(CN)n[nH]c1C. The van der Waals surface area contributed by atoms with E-state index in [1.807, 2.05) is 0 Å². The molecule has 20 heavy (non-hydrogen) atoms. The Morgan fingerprint density at radius 3 is 2.45 bits per heavy atom. The van der Waals surface area contributed by atoms with Crippen LogP contribution in [0, 0.1) is 6.92 Å². The zero-order valence-corrected chi connectivity index (χ0v) is 12.0. The normalized spacial score (nSPS) is 13.2. The number of hydrogen-bond acceptors (Lipinski definition) is 4. The van der Waals surface area contributed by atoms with Crippen molar-refractivity contribution in [3.63, 3.8) is 0 Å². The predicted molar refractivity (Wildman–Crippen MR) is 66.3 cm³/mol. The highest BCUT2D eigenvalue weighted by molar-refractivity contribution is 7.89. The number of rotatable bonds is 6. The van der Waals surface area contributed by atoms with Crippen LogP contribution in [0.5, 0.6) is 0 Å². The molecule has 0 aliphatic carbocycles. The van der Waals surface area contributed by atoms with E-state index >= 15 is 0 Å². The number of aryl methyl sites for hydroxylation is 1. The minimum atomic E-state index is -4.61. The van der Waals surface area contributed by atoms with Gasteiger partial charge in [-0.1, -0.05) is 6.92 Å². The van der Waals surface area contributed by atoms with Gasteiger partial charge in [-0.25, -0.2) is 8.42 Å². The Morgan fingerprint density at radius 2 is 2.00 bits per heavy atom. The Kier molecular flexibility index (Phi) is 5.16. The number of hydrogen-bond donors (Lipinski definition) is 2. The van der Waals surface area contributed by atoms with Gasteiger partial charge in [-0.15, -0.1) is 0 Å². The number of nitrogens with zero attached hydrogens (tertiary/aromatic N) is 2. The average Bonchev–Trinajstić information content (AvgIpc) is 2.68. The molecular formula is C10H17F3N4O2S. The number of nitrogens with one attached hydrogen (secondary N) is 1. The summed E-state index contributed by atoms with van der Waals surface area (Å²) in [6.07, 6.45) is -4.34. The minimum Gasteiger partial charge on any atom is -0.325 e. The number of halogens is 3. The molecule has 1 aromatic rings. The first kappa shape index (κ1) is 16.9. The first-order chi connectivity index (χ1) is 9.13. The molecule has 0 aromatic carbocycles. The molecule has 0 radical (unpaired) electrons. The van der Waals surface area contributed by atoms with Gasteiger partial charge in [0.2, 0.25) is 10.0 Å². The van der Waals surface area contributed by atoms with Crippen molar-refractivity contribution >= 4 is 10.0 Å². The smallest absolute Gasteiger partial charge is 0.325 e. The van der Waals surface area contributed by atoms with Crippen LogP contribution in [0.3, 0.4) is 0 Å². The van der Waals surface area contributed by atoms with Crippen molar-refractivity contribution in [2.24, 2.45) is 5.73 Å². The van der Waals surface area contributed by atoms with Gasteiger partial charge in [-0.05, 0) is 13.3 Å². The number of nitrogens with two attached hydrogens (primary N) is 1. The lowest BCUT2D eigenvalue weighted by Gasteiger charge is -2.23. The van der Waals surface area contributed by atoms with Crippen LogP contribution in [-0.4, -0.2) is 42.2 Å². The van der Waals surface area contributed by atoms with Crippen molar-refractivity contribution in [3.8, 4) is 0 Å². The van der Waals surface area contributed by atoms with E-state index < -0.39 is 22.7 Å². The maximum absolute atomic E-state index is 12.5. The zero-order chi connectivity index (χ0) is 15.6. The number of aromatic nitrogens is 2. The highest BCUT2D eigenvalue weighted by Gasteiger charge is 2.38. The Labute approximate surface area is 115 Å². The van der Waals surface area contributed by atoms with Gasteiger partial charge in [0.15, 0.2) is 0 Å². The van der Waals surface area contributed by atoms with Gasteiger partial charge >= 0.3 is 6.18 Å². The second-order valence-electron chi connectivity index (χ2n) is 4.28. The van der Waals surface area contributed by atoms with Crippen molar-refractivity contribution in [1.82, 2.24) is 14.5 Å². The predicted octanol–water partition coefficient (Wildman–Crippen LogP) is 1.14. The van der Waals surface area contributed by atoms with Crippen LogP contribution in [0.15, 0.2) is 4.90 Å². The van der Waals surface area contributed by atoms with E-state index in [4.69, 9.17) is 5.73 Å². The van der Waals surface area contributed by atoms with Gasteiger partial charge in [0.05, 0.1) is 11.4 Å². The van der Waals surface area contributed by atoms with Crippen molar-refractivity contribution in [2.75, 3.05) is 13.1 Å². The van der Waals surface area contributed by atoms with Gasteiger partial charge < -0.3 is 5.73 Å². The van der Waals surface area contributed by atoms with E-state index in [9.17, 15) is 21.6 Å². The molecule has 0 saturated carbocycles. The lowest BCUT2D eigenvalue weighted by atomic mass is 10.4. The molecular weight excluding hydrogens is 297 g/mol. The van der Waals surface area contributed by atoms with Crippen molar-refractivity contribution in [1.29, 1.82) is 0 Å². The summed E-state index contributed by atoms with van der Waals surface area (Å²) in [4.78, 5) is -0.266. The fourth-order valence-electron chi connectivity index (χ4n) is 1.81. The Balaban J connectivity index is 3.26. The van der Waals surface area contributed by atoms with Crippen LogP contribution < -0.4 is 5.73 Å². The lowest BCUT2D eigenvalue weighted by molar-refractivity contribution is -0.136. The second-order valence-corrected chi connectivity index (χ2v) is 6.16. The number of alkyl halides is 3. The van der Waals surface area contributed by atoms with Crippen LogP contribution in [0.1, 0.15) is 24.7 Å². The quantitative estimate of drug-likeness (QED) is 0.823. The third-order valence-electron chi connectivity index (χ3n) is 2.58. The average molecular weight is 314 g/mol. The first-order valence-corrected chi connectivity index (χ1v) is 7.38. The lowest BCUT2D eigenvalue weighted by Crippen LogP contribution is -2.40. The third kappa shape index (κ3) is 3.70.